The van der Waals surface area contributed by atoms with Crippen molar-refractivity contribution in [3.05, 3.63) is 47.5 Å². The summed E-state index contributed by atoms with van der Waals surface area (Å²) >= 11 is 5.36. The summed E-state index contributed by atoms with van der Waals surface area (Å²) in [6, 6.07) is 10.6. The number of hydrogen-bond donors (Lipinski definition) is 2. The van der Waals surface area contributed by atoms with Crippen molar-refractivity contribution in [3.63, 3.8) is 0 Å². The molecule has 0 bridgehead atoms. The molecule has 0 aliphatic rings. The molecule has 0 aromatic heterocycles. The van der Waals surface area contributed by atoms with Crippen LogP contribution in [0.2, 0.25) is 0 Å². The molecule has 0 aliphatic heterocycles. The molecule has 0 saturated carbocycles. The standard InChI is InChI=1S/C19H22N2O4S/c1-5-25-18(22)13-6-8-14(9-7-13)20-19(26)21-15-11-17(24-4)16(23-3)10-12(15)2/h6-11H,5H2,1-4H3,(H2,20,21,26). The van der Waals surface area contributed by atoms with E-state index in [1.165, 1.54) is 0 Å². The summed E-state index contributed by atoms with van der Waals surface area (Å²) < 4.78 is 15.6. The fourth-order valence-electron chi connectivity index (χ4n) is 2.30. The van der Waals surface area contributed by atoms with Gasteiger partial charge in [-0.05, 0) is 62.0 Å². The summed E-state index contributed by atoms with van der Waals surface area (Å²) in [5, 5.41) is 6.63. The van der Waals surface area contributed by atoms with Crippen LogP contribution < -0.4 is 20.1 Å². The Morgan fingerprint density at radius 2 is 1.65 bits per heavy atom. The van der Waals surface area contributed by atoms with Crippen molar-refractivity contribution in [3.8, 4) is 11.5 Å². The van der Waals surface area contributed by atoms with Crippen LogP contribution in [0.5, 0.6) is 11.5 Å². The minimum Gasteiger partial charge on any atom is -0.493 e. The van der Waals surface area contributed by atoms with Crippen LogP contribution in [-0.4, -0.2) is 31.9 Å². The molecule has 2 aromatic carbocycles. The fraction of sp³-hybridized carbons (Fsp3) is 0.263. The molecule has 6 nitrogen and oxygen atoms in total. The Balaban J connectivity index is 2.06. The minimum atomic E-state index is -0.347. The van der Waals surface area contributed by atoms with Crippen molar-refractivity contribution in [2.75, 3.05) is 31.5 Å². The molecular formula is C19H22N2O4S. The Morgan fingerprint density at radius 1 is 1.04 bits per heavy atom. The third kappa shape index (κ3) is 4.86. The van der Waals surface area contributed by atoms with Crippen molar-refractivity contribution >= 4 is 34.7 Å². The predicted molar refractivity (Wildman–Crippen MR) is 107 cm³/mol. The number of rotatable bonds is 6. The van der Waals surface area contributed by atoms with Crippen LogP contribution in [0.1, 0.15) is 22.8 Å². The number of carbonyl (C=O) groups is 1. The van der Waals surface area contributed by atoms with Gasteiger partial charge in [-0.25, -0.2) is 4.79 Å². The highest BCUT2D eigenvalue weighted by molar-refractivity contribution is 7.80. The van der Waals surface area contributed by atoms with Crippen LogP contribution in [0.4, 0.5) is 11.4 Å². The van der Waals surface area contributed by atoms with Crippen LogP contribution in [0.25, 0.3) is 0 Å². The zero-order valence-corrected chi connectivity index (χ0v) is 16.0. The molecular weight excluding hydrogens is 352 g/mol. The fourth-order valence-corrected chi connectivity index (χ4v) is 2.53. The molecule has 0 amide bonds. The van der Waals surface area contributed by atoms with E-state index in [4.69, 9.17) is 26.4 Å². The van der Waals surface area contributed by atoms with Crippen LogP contribution in [-0.2, 0) is 4.74 Å². The Bertz CT molecular complexity index is 791. The number of methoxy groups -OCH3 is 2. The number of thiocarbonyl (C=S) groups is 1. The number of esters is 1. The maximum atomic E-state index is 11.7. The first-order chi connectivity index (χ1) is 12.5. The maximum absolute atomic E-state index is 11.7. The molecule has 0 saturated heterocycles. The van der Waals surface area contributed by atoms with Gasteiger partial charge >= 0.3 is 5.97 Å². The van der Waals surface area contributed by atoms with Gasteiger partial charge in [0.05, 0.1) is 26.4 Å². The molecule has 26 heavy (non-hydrogen) atoms. The topological polar surface area (TPSA) is 68.8 Å². The van der Waals surface area contributed by atoms with E-state index in [1.54, 1.807) is 45.4 Å². The zero-order chi connectivity index (χ0) is 19.1. The van der Waals surface area contributed by atoms with Crippen molar-refractivity contribution in [2.45, 2.75) is 13.8 Å². The molecule has 138 valence electrons. The second-order valence-corrected chi connectivity index (χ2v) is 5.81. The summed E-state index contributed by atoms with van der Waals surface area (Å²) in [6.45, 7) is 4.06. The van der Waals surface area contributed by atoms with Gasteiger partial charge in [0.25, 0.3) is 0 Å². The number of hydrogen-bond acceptors (Lipinski definition) is 5. The molecule has 0 spiro atoms. The van der Waals surface area contributed by atoms with Gasteiger partial charge in [0.2, 0.25) is 0 Å². The summed E-state index contributed by atoms with van der Waals surface area (Å²) in [7, 11) is 3.18. The normalized spacial score (nSPS) is 10.0. The SMILES string of the molecule is CCOC(=O)c1ccc(NC(=S)Nc2cc(OC)c(OC)cc2C)cc1. The molecule has 2 aromatic rings. The van der Waals surface area contributed by atoms with E-state index >= 15 is 0 Å². The highest BCUT2D eigenvalue weighted by Gasteiger charge is 2.10. The van der Waals surface area contributed by atoms with Gasteiger partial charge < -0.3 is 24.8 Å². The van der Waals surface area contributed by atoms with Crippen molar-refractivity contribution in [1.82, 2.24) is 0 Å². The van der Waals surface area contributed by atoms with Crippen LogP contribution >= 0.6 is 12.2 Å². The van der Waals surface area contributed by atoms with Gasteiger partial charge in [0.15, 0.2) is 16.6 Å². The minimum absolute atomic E-state index is 0.345. The van der Waals surface area contributed by atoms with E-state index in [-0.39, 0.29) is 5.97 Å². The lowest BCUT2D eigenvalue weighted by Crippen LogP contribution is -2.19. The molecule has 0 heterocycles. The Morgan fingerprint density at radius 3 is 2.23 bits per heavy atom. The first kappa shape index (κ1) is 19.5. The zero-order valence-electron chi connectivity index (χ0n) is 15.2. The average molecular weight is 374 g/mol. The lowest BCUT2D eigenvalue weighted by molar-refractivity contribution is 0.0526. The number of aryl methyl sites for hydroxylation is 1. The van der Waals surface area contributed by atoms with Gasteiger partial charge in [0.1, 0.15) is 0 Å². The average Bonchev–Trinajstić information content (AvgIpc) is 2.63. The Labute approximate surface area is 158 Å². The number of carbonyl (C=O) groups excluding carboxylic acids is 1. The molecule has 0 radical (unpaired) electrons. The molecule has 0 atom stereocenters. The quantitative estimate of drug-likeness (QED) is 0.585. The van der Waals surface area contributed by atoms with Gasteiger partial charge in [-0.1, -0.05) is 0 Å². The first-order valence-corrected chi connectivity index (χ1v) is 8.47. The van der Waals surface area contributed by atoms with E-state index in [1.807, 2.05) is 19.1 Å². The van der Waals surface area contributed by atoms with Gasteiger partial charge in [-0.2, -0.15) is 0 Å². The second-order valence-electron chi connectivity index (χ2n) is 5.40. The van der Waals surface area contributed by atoms with Gasteiger partial charge in [-0.3, -0.25) is 0 Å². The summed E-state index contributed by atoms with van der Waals surface area (Å²) in [5.41, 5.74) is 3.02. The number of anilines is 2. The summed E-state index contributed by atoms with van der Waals surface area (Å²) in [4.78, 5) is 11.7. The van der Waals surface area contributed by atoms with E-state index in [0.717, 1.165) is 16.9 Å². The number of ether oxygens (including phenoxy) is 3. The van der Waals surface area contributed by atoms with E-state index in [9.17, 15) is 4.79 Å². The second kappa shape index (κ2) is 9.05. The van der Waals surface area contributed by atoms with Crippen LogP contribution in [0.15, 0.2) is 36.4 Å². The highest BCUT2D eigenvalue weighted by Crippen LogP contribution is 2.32. The maximum Gasteiger partial charge on any atom is 0.338 e. The first-order valence-electron chi connectivity index (χ1n) is 8.06. The van der Waals surface area contributed by atoms with Crippen molar-refractivity contribution in [2.24, 2.45) is 0 Å². The van der Waals surface area contributed by atoms with Gasteiger partial charge in [0, 0.05) is 17.4 Å². The number of nitrogens with one attached hydrogen (secondary N) is 2. The monoisotopic (exact) mass is 374 g/mol. The molecule has 0 aliphatic carbocycles. The molecule has 0 fully saturated rings. The van der Waals surface area contributed by atoms with Crippen LogP contribution in [0, 0.1) is 6.92 Å². The third-order valence-electron chi connectivity index (χ3n) is 3.63. The van der Waals surface area contributed by atoms with E-state index in [0.29, 0.717) is 28.8 Å². The Hall–Kier alpha value is -2.80. The predicted octanol–water partition coefficient (Wildman–Crippen LogP) is 4.00. The lowest BCUT2D eigenvalue weighted by atomic mass is 10.1. The Kier molecular flexibility index (Phi) is 6.80. The molecule has 7 heteroatoms. The third-order valence-corrected chi connectivity index (χ3v) is 3.84. The smallest absolute Gasteiger partial charge is 0.338 e. The summed E-state index contributed by atoms with van der Waals surface area (Å²) in [5.74, 6) is 0.923. The molecule has 0 unspecified atom stereocenters. The van der Waals surface area contributed by atoms with E-state index in [2.05, 4.69) is 10.6 Å². The molecule has 2 N–H and O–H groups in total. The van der Waals surface area contributed by atoms with Crippen molar-refractivity contribution < 1.29 is 19.0 Å². The van der Waals surface area contributed by atoms with Gasteiger partial charge in [-0.15, -0.1) is 0 Å². The van der Waals surface area contributed by atoms with Crippen LogP contribution in [0.3, 0.4) is 0 Å². The number of benzene rings is 2. The highest BCUT2D eigenvalue weighted by atomic mass is 32.1. The summed E-state index contributed by atoms with van der Waals surface area (Å²) in [6.07, 6.45) is 0. The largest absolute Gasteiger partial charge is 0.493 e. The van der Waals surface area contributed by atoms with E-state index < -0.39 is 0 Å². The lowest BCUT2D eigenvalue weighted by Gasteiger charge is -2.16. The van der Waals surface area contributed by atoms with Crippen molar-refractivity contribution in [1.29, 1.82) is 0 Å². The molecule has 2 rings (SSSR count).